The largest absolute Gasteiger partial charge is 0.295 e. The summed E-state index contributed by atoms with van der Waals surface area (Å²) in [6, 6.07) is 0. The predicted molar refractivity (Wildman–Crippen MR) is 85.9 cm³/mol. The first-order chi connectivity index (χ1) is 10.1. The van der Waals surface area contributed by atoms with Crippen molar-refractivity contribution < 1.29 is 4.79 Å². The summed E-state index contributed by atoms with van der Waals surface area (Å²) in [7, 11) is 0. The molecule has 0 saturated heterocycles. The van der Waals surface area contributed by atoms with Gasteiger partial charge in [0.2, 0.25) is 0 Å². The van der Waals surface area contributed by atoms with Crippen molar-refractivity contribution in [3.8, 4) is 0 Å². The lowest BCUT2D eigenvalue weighted by atomic mass is 9.52. The van der Waals surface area contributed by atoms with Gasteiger partial charge >= 0.3 is 0 Å². The van der Waals surface area contributed by atoms with Gasteiger partial charge in [0.1, 0.15) is 0 Å². The van der Waals surface area contributed by atoms with Crippen molar-refractivity contribution >= 4 is 5.78 Å². The quantitative estimate of drug-likeness (QED) is 0.567. The van der Waals surface area contributed by atoms with Crippen molar-refractivity contribution in [2.75, 3.05) is 0 Å². The summed E-state index contributed by atoms with van der Waals surface area (Å²) in [4.78, 5) is 11.7. The first kappa shape index (κ1) is 13.8. The number of ketones is 1. The van der Waals surface area contributed by atoms with Gasteiger partial charge < -0.3 is 0 Å². The Morgan fingerprint density at radius 1 is 1.10 bits per heavy atom. The van der Waals surface area contributed by atoms with Crippen LogP contribution in [0.5, 0.6) is 0 Å². The van der Waals surface area contributed by atoms with Crippen LogP contribution in [-0.2, 0) is 4.79 Å². The molecule has 1 heteroatoms. The summed E-state index contributed by atoms with van der Waals surface area (Å²) in [5.41, 5.74) is 3.76. The zero-order chi connectivity index (χ0) is 14.6. The van der Waals surface area contributed by atoms with Crippen LogP contribution < -0.4 is 0 Å². The minimum Gasteiger partial charge on any atom is -0.295 e. The van der Waals surface area contributed by atoms with Gasteiger partial charge in [-0.25, -0.2) is 0 Å². The summed E-state index contributed by atoms with van der Waals surface area (Å²) in [6.45, 7) is 4.79. The van der Waals surface area contributed by atoms with Gasteiger partial charge in [-0.15, -0.1) is 0 Å². The third-order valence-electron chi connectivity index (χ3n) is 7.50. The molecule has 0 aromatic rings. The highest BCUT2D eigenvalue weighted by Gasteiger charge is 2.53. The lowest BCUT2D eigenvalue weighted by Gasteiger charge is -2.53. The van der Waals surface area contributed by atoms with Crippen LogP contribution in [0.3, 0.4) is 0 Å². The molecular formula is C20H28O. The van der Waals surface area contributed by atoms with Gasteiger partial charge in [-0.2, -0.15) is 0 Å². The molecule has 0 radical (unpaired) electrons. The molecule has 5 atom stereocenters. The molecule has 0 aromatic heterocycles. The minimum absolute atomic E-state index is 0.386. The molecule has 114 valence electrons. The van der Waals surface area contributed by atoms with E-state index in [1.807, 2.05) is 6.08 Å². The molecule has 4 aliphatic carbocycles. The fraction of sp³-hybridized carbons (Fsp3) is 0.750. The number of carbonyl (C=O) groups is 1. The van der Waals surface area contributed by atoms with E-state index in [4.69, 9.17) is 0 Å². The van der Waals surface area contributed by atoms with E-state index in [2.05, 4.69) is 19.9 Å². The van der Waals surface area contributed by atoms with Crippen LogP contribution in [-0.4, -0.2) is 5.78 Å². The number of allylic oxidation sites excluding steroid dienone is 3. The van der Waals surface area contributed by atoms with E-state index in [1.165, 1.54) is 44.1 Å². The SMILES string of the molecule is C/C=C1\CCC2C3CCC4=CC(=O)CCC4C3CCC12C. The second-order valence-corrected chi connectivity index (χ2v) is 8.11. The number of fused-ring (bicyclic) bond motifs is 5. The van der Waals surface area contributed by atoms with E-state index in [9.17, 15) is 4.79 Å². The monoisotopic (exact) mass is 284 g/mol. The molecule has 0 heterocycles. The Bertz CT molecular complexity index is 526. The highest BCUT2D eigenvalue weighted by molar-refractivity contribution is 5.91. The van der Waals surface area contributed by atoms with E-state index < -0.39 is 0 Å². The third kappa shape index (κ3) is 1.92. The smallest absolute Gasteiger partial charge is 0.155 e. The second kappa shape index (κ2) is 4.83. The summed E-state index contributed by atoms with van der Waals surface area (Å²) in [5, 5.41) is 0. The van der Waals surface area contributed by atoms with E-state index in [-0.39, 0.29) is 0 Å². The second-order valence-electron chi connectivity index (χ2n) is 8.11. The zero-order valence-electron chi connectivity index (χ0n) is 13.5. The normalized spacial score (nSPS) is 47.6. The molecule has 0 bridgehead atoms. The molecule has 0 aliphatic heterocycles. The Morgan fingerprint density at radius 2 is 1.95 bits per heavy atom. The van der Waals surface area contributed by atoms with Crippen molar-refractivity contribution in [2.45, 2.75) is 65.2 Å². The lowest BCUT2D eigenvalue weighted by molar-refractivity contribution is -0.115. The van der Waals surface area contributed by atoms with Gasteiger partial charge in [0, 0.05) is 6.42 Å². The van der Waals surface area contributed by atoms with E-state index in [1.54, 1.807) is 5.57 Å². The van der Waals surface area contributed by atoms with Crippen molar-refractivity contribution in [1.29, 1.82) is 0 Å². The Morgan fingerprint density at radius 3 is 2.76 bits per heavy atom. The van der Waals surface area contributed by atoms with Crippen molar-refractivity contribution in [3.63, 3.8) is 0 Å². The van der Waals surface area contributed by atoms with Crippen LogP contribution in [0.25, 0.3) is 0 Å². The Kier molecular flexibility index (Phi) is 3.17. The third-order valence-corrected chi connectivity index (χ3v) is 7.50. The summed E-state index contributed by atoms with van der Waals surface area (Å²) >= 11 is 0. The maximum atomic E-state index is 11.7. The van der Waals surface area contributed by atoms with Gasteiger partial charge in [0.05, 0.1) is 0 Å². The van der Waals surface area contributed by atoms with E-state index in [0.29, 0.717) is 11.2 Å². The fourth-order valence-corrected chi connectivity index (χ4v) is 6.50. The molecule has 0 N–H and O–H groups in total. The number of carbonyl (C=O) groups excluding carboxylic acids is 1. The van der Waals surface area contributed by atoms with Crippen LogP contribution in [0.4, 0.5) is 0 Å². The fourth-order valence-electron chi connectivity index (χ4n) is 6.50. The maximum Gasteiger partial charge on any atom is 0.155 e. The molecule has 4 aliphatic rings. The van der Waals surface area contributed by atoms with Crippen molar-refractivity contribution in [2.24, 2.45) is 29.1 Å². The van der Waals surface area contributed by atoms with Crippen molar-refractivity contribution in [3.05, 3.63) is 23.3 Å². The topological polar surface area (TPSA) is 17.1 Å². The first-order valence-corrected chi connectivity index (χ1v) is 9.02. The minimum atomic E-state index is 0.386. The van der Waals surface area contributed by atoms with E-state index in [0.717, 1.165) is 36.5 Å². The molecule has 3 saturated carbocycles. The average molecular weight is 284 g/mol. The molecule has 21 heavy (non-hydrogen) atoms. The highest BCUT2D eigenvalue weighted by atomic mass is 16.1. The number of hydrogen-bond donors (Lipinski definition) is 0. The first-order valence-electron chi connectivity index (χ1n) is 9.02. The summed E-state index contributed by atoms with van der Waals surface area (Å²) in [6.07, 6.45) is 14.5. The van der Waals surface area contributed by atoms with Gasteiger partial charge in [-0.3, -0.25) is 4.79 Å². The van der Waals surface area contributed by atoms with Gasteiger partial charge in [-0.05, 0) is 87.0 Å². The molecule has 4 rings (SSSR count). The molecule has 0 spiro atoms. The summed E-state index contributed by atoms with van der Waals surface area (Å²) in [5.74, 6) is 3.86. The Labute approximate surface area is 128 Å². The molecule has 5 unspecified atom stereocenters. The summed E-state index contributed by atoms with van der Waals surface area (Å²) < 4.78 is 0. The van der Waals surface area contributed by atoms with Crippen LogP contribution in [0.15, 0.2) is 23.3 Å². The highest BCUT2D eigenvalue weighted by Crippen LogP contribution is 2.63. The van der Waals surface area contributed by atoms with Crippen LogP contribution in [0.2, 0.25) is 0 Å². The molecule has 0 amide bonds. The van der Waals surface area contributed by atoms with Crippen LogP contribution in [0, 0.1) is 29.1 Å². The van der Waals surface area contributed by atoms with Gasteiger partial charge in [-0.1, -0.05) is 24.1 Å². The predicted octanol–water partition coefficient (Wildman–Crippen LogP) is 5.07. The molecule has 3 fully saturated rings. The Hall–Kier alpha value is -0.850. The van der Waals surface area contributed by atoms with Crippen LogP contribution >= 0.6 is 0 Å². The van der Waals surface area contributed by atoms with Crippen molar-refractivity contribution in [1.82, 2.24) is 0 Å². The molecule has 1 nitrogen and oxygen atoms in total. The van der Waals surface area contributed by atoms with Gasteiger partial charge in [0.25, 0.3) is 0 Å². The average Bonchev–Trinajstić information content (AvgIpc) is 2.83. The lowest BCUT2D eigenvalue weighted by Crippen LogP contribution is -2.45. The van der Waals surface area contributed by atoms with Crippen LogP contribution in [0.1, 0.15) is 65.2 Å². The Balaban J connectivity index is 1.64. The number of rotatable bonds is 0. The maximum absolute atomic E-state index is 11.7. The standard InChI is InChI=1S/C20H28O/c1-3-14-5-9-19-18-7-4-13-12-15(21)6-8-16(13)17(18)10-11-20(14,19)2/h3,12,16-19H,4-11H2,1-2H3/b14-3+. The van der Waals surface area contributed by atoms with Gasteiger partial charge in [0.15, 0.2) is 5.78 Å². The van der Waals surface area contributed by atoms with E-state index >= 15 is 0 Å². The molecule has 0 aromatic carbocycles. The zero-order valence-corrected chi connectivity index (χ0v) is 13.5. The molecular weight excluding hydrogens is 256 g/mol. The number of hydrogen-bond acceptors (Lipinski definition) is 1.